The Morgan fingerprint density at radius 1 is 2.00 bits per heavy atom. The van der Waals surface area contributed by atoms with Gasteiger partial charge in [0.1, 0.15) is 0 Å². The largest absolute Gasteiger partial charge is 0.321 e. The molecule has 1 aliphatic heterocycles. The molecular weight excluding hydrogens is 52.8 g/mol. The molecular formula is CH3BNO. The third-order valence-electron chi connectivity index (χ3n) is 0.333. The Morgan fingerprint density at radius 2 is 2.25 bits per heavy atom. The maximum Gasteiger partial charge on any atom is 0.274 e. The van der Waals surface area contributed by atoms with Crippen molar-refractivity contribution in [2.24, 2.45) is 0 Å². The van der Waals surface area contributed by atoms with Gasteiger partial charge in [0.25, 0.3) is 7.41 Å². The monoisotopic (exact) mass is 56.0 g/mol. The van der Waals surface area contributed by atoms with Gasteiger partial charge in [0.2, 0.25) is 0 Å². The van der Waals surface area contributed by atoms with Gasteiger partial charge in [-0.3, -0.25) is 0 Å². The van der Waals surface area contributed by atoms with Crippen LogP contribution in [0.15, 0.2) is 0 Å². The van der Waals surface area contributed by atoms with Crippen LogP contribution in [0.2, 0.25) is 0 Å². The highest BCUT2D eigenvalue weighted by atomic mass is 16.7. The van der Waals surface area contributed by atoms with E-state index in [-0.39, 0.29) is 0 Å². The molecule has 0 aromatic carbocycles. The fourth-order valence-corrected chi connectivity index (χ4v) is 0.0833. The highest BCUT2D eigenvalue weighted by Gasteiger charge is 1.97. The van der Waals surface area contributed by atoms with Crippen LogP contribution < -0.4 is 5.39 Å². The maximum atomic E-state index is 4.42. The average molecular weight is 55.9 g/mol. The van der Waals surface area contributed by atoms with Gasteiger partial charge in [0.05, 0.1) is 6.51 Å². The fraction of sp³-hybridized carbons (Fsp3) is 1.00. The zero-order valence-electron chi connectivity index (χ0n) is 2.19. The first-order chi connectivity index (χ1) is 2.00. The normalized spacial score (nSPS) is 22.0. The van der Waals surface area contributed by atoms with E-state index in [1.807, 2.05) is 7.41 Å². The van der Waals surface area contributed by atoms with E-state index in [1.165, 1.54) is 0 Å². The Balaban J connectivity index is 2.00. The van der Waals surface area contributed by atoms with Crippen molar-refractivity contribution < 1.29 is 4.84 Å². The lowest BCUT2D eigenvalue weighted by Gasteiger charge is -2.09. The predicted molar refractivity (Wildman–Crippen MR) is 14.8 cm³/mol. The average Bonchev–Trinajstić information content (AvgIpc) is 0.722. The van der Waals surface area contributed by atoms with Crippen LogP contribution in [0.1, 0.15) is 0 Å². The Bertz CT molecular complexity index is 16.0. The van der Waals surface area contributed by atoms with E-state index in [4.69, 9.17) is 0 Å². The van der Waals surface area contributed by atoms with Crippen molar-refractivity contribution in [1.29, 1.82) is 0 Å². The van der Waals surface area contributed by atoms with Crippen molar-refractivity contribution in [1.82, 2.24) is 5.39 Å². The van der Waals surface area contributed by atoms with E-state index in [0.717, 1.165) is 6.51 Å². The second kappa shape index (κ2) is 0.741. The molecule has 4 heavy (non-hydrogen) atoms. The van der Waals surface area contributed by atoms with Gasteiger partial charge in [-0.2, -0.15) is 0 Å². The number of nitrogens with one attached hydrogen (secondary N) is 1. The van der Waals surface area contributed by atoms with Gasteiger partial charge in [0.15, 0.2) is 0 Å². The van der Waals surface area contributed by atoms with Crippen LogP contribution in [0.4, 0.5) is 0 Å². The second-order valence-electron chi connectivity index (χ2n) is 0.633. The molecule has 0 aromatic rings. The summed E-state index contributed by atoms with van der Waals surface area (Å²) in [7, 11) is 1.83. The molecule has 1 rings (SSSR count). The summed E-state index contributed by atoms with van der Waals surface area (Å²) in [6.07, 6.45) is 0. The maximum absolute atomic E-state index is 4.42. The van der Waals surface area contributed by atoms with Gasteiger partial charge < -0.3 is 4.84 Å². The van der Waals surface area contributed by atoms with Crippen molar-refractivity contribution in [3.63, 3.8) is 0 Å². The number of rotatable bonds is 0. The SMILES string of the molecule is [B]1CON1. The minimum absolute atomic E-state index is 0.764. The third kappa shape index (κ3) is 0.121. The lowest BCUT2D eigenvalue weighted by atomic mass is 9.97. The van der Waals surface area contributed by atoms with Crippen molar-refractivity contribution >= 4 is 7.41 Å². The molecule has 1 saturated heterocycles. The highest BCUT2D eigenvalue weighted by Crippen LogP contribution is 1.68. The molecule has 1 N–H and O–H groups in total. The van der Waals surface area contributed by atoms with Gasteiger partial charge in [-0.25, -0.2) is 5.39 Å². The lowest BCUT2D eigenvalue weighted by Crippen LogP contribution is -2.37. The molecule has 0 bridgehead atoms. The van der Waals surface area contributed by atoms with Crippen LogP contribution >= 0.6 is 0 Å². The fourth-order valence-electron chi connectivity index (χ4n) is 0.0833. The summed E-state index contributed by atoms with van der Waals surface area (Å²) in [6.45, 7) is 0.764. The molecule has 1 aliphatic rings. The molecule has 0 unspecified atom stereocenters. The Hall–Kier alpha value is -0.0151. The molecule has 0 aromatic heterocycles. The van der Waals surface area contributed by atoms with E-state index in [0.29, 0.717) is 0 Å². The van der Waals surface area contributed by atoms with Crippen LogP contribution in [0, 0.1) is 0 Å². The molecule has 2 nitrogen and oxygen atoms in total. The van der Waals surface area contributed by atoms with Crippen LogP contribution in [0.5, 0.6) is 0 Å². The van der Waals surface area contributed by atoms with E-state index in [1.54, 1.807) is 0 Å². The molecule has 0 spiro atoms. The van der Waals surface area contributed by atoms with E-state index in [9.17, 15) is 0 Å². The zero-order valence-corrected chi connectivity index (χ0v) is 2.19. The van der Waals surface area contributed by atoms with E-state index >= 15 is 0 Å². The minimum atomic E-state index is 0.764. The molecule has 3 heteroatoms. The molecule has 21 valence electrons. The van der Waals surface area contributed by atoms with Crippen LogP contribution in [-0.2, 0) is 4.84 Å². The van der Waals surface area contributed by atoms with Gasteiger partial charge in [-0.05, 0) is 0 Å². The first-order valence-corrected chi connectivity index (χ1v) is 1.19. The summed E-state index contributed by atoms with van der Waals surface area (Å²) in [5.74, 6) is 0. The van der Waals surface area contributed by atoms with Crippen molar-refractivity contribution in [3.05, 3.63) is 0 Å². The zero-order chi connectivity index (χ0) is 2.83. The summed E-state index contributed by atoms with van der Waals surface area (Å²) >= 11 is 0. The van der Waals surface area contributed by atoms with Crippen molar-refractivity contribution in [2.45, 2.75) is 0 Å². The molecule has 0 aliphatic carbocycles. The van der Waals surface area contributed by atoms with Crippen LogP contribution in [0.25, 0.3) is 0 Å². The quantitative estimate of drug-likeness (QED) is 0.363. The Labute approximate surface area is 25.4 Å². The minimum Gasteiger partial charge on any atom is -0.321 e. The molecule has 0 amide bonds. The lowest BCUT2D eigenvalue weighted by molar-refractivity contribution is 0.0822. The Morgan fingerprint density at radius 3 is 2.25 bits per heavy atom. The highest BCUT2D eigenvalue weighted by molar-refractivity contribution is 6.33. The summed E-state index contributed by atoms with van der Waals surface area (Å²) in [5.41, 5.74) is 0. The van der Waals surface area contributed by atoms with Crippen molar-refractivity contribution in [2.75, 3.05) is 6.51 Å². The van der Waals surface area contributed by atoms with E-state index < -0.39 is 0 Å². The van der Waals surface area contributed by atoms with Gasteiger partial charge in [-0.15, -0.1) is 0 Å². The first kappa shape index (κ1) is 2.24. The van der Waals surface area contributed by atoms with Gasteiger partial charge >= 0.3 is 0 Å². The molecule has 1 heterocycles. The molecule has 0 atom stereocenters. The van der Waals surface area contributed by atoms with Gasteiger partial charge in [-0.1, -0.05) is 0 Å². The Kier molecular flexibility index (Phi) is 0.414. The molecule has 1 radical (unpaired) electrons. The first-order valence-electron chi connectivity index (χ1n) is 1.19. The third-order valence-corrected chi connectivity index (χ3v) is 0.333. The summed E-state index contributed by atoms with van der Waals surface area (Å²) in [6, 6.07) is 0. The predicted octanol–water partition coefficient (Wildman–Crippen LogP) is -0.902. The van der Waals surface area contributed by atoms with Crippen LogP contribution in [0.3, 0.4) is 0 Å². The molecule has 0 saturated carbocycles. The van der Waals surface area contributed by atoms with Crippen molar-refractivity contribution in [3.8, 4) is 0 Å². The second-order valence-corrected chi connectivity index (χ2v) is 0.633. The smallest absolute Gasteiger partial charge is 0.274 e. The number of hydrogen-bond donors (Lipinski definition) is 1. The summed E-state index contributed by atoms with van der Waals surface area (Å²) in [5, 5.41) is 2.49. The van der Waals surface area contributed by atoms with E-state index in [2.05, 4.69) is 10.2 Å². The summed E-state index contributed by atoms with van der Waals surface area (Å²) in [4.78, 5) is 4.42. The standard InChI is InChI=1S/CH3BNO/c1-2-3-4-1/h3H,1H2. The van der Waals surface area contributed by atoms with Crippen LogP contribution in [-0.4, -0.2) is 13.9 Å². The summed E-state index contributed by atoms with van der Waals surface area (Å²) < 4.78 is 0. The molecule has 1 fully saturated rings. The number of hydrogen-bond acceptors (Lipinski definition) is 2. The topological polar surface area (TPSA) is 21.3 Å². The van der Waals surface area contributed by atoms with Gasteiger partial charge in [0, 0.05) is 0 Å².